The van der Waals surface area contributed by atoms with E-state index in [4.69, 9.17) is 0 Å². The molecule has 0 aromatic heterocycles. The molecule has 4 atom stereocenters. The minimum absolute atomic E-state index is 0.0732. The number of aliphatic hydroxyl groups is 1. The van der Waals surface area contributed by atoms with Gasteiger partial charge in [0.15, 0.2) is 0 Å². The third kappa shape index (κ3) is 2.78. The maximum absolute atomic E-state index is 10.1. The lowest BCUT2D eigenvalue weighted by molar-refractivity contribution is 0.000695. The molecule has 0 aliphatic heterocycles. The Balaban J connectivity index is 1.91. The fourth-order valence-corrected chi connectivity index (χ4v) is 3.61. The lowest BCUT2D eigenvalue weighted by Gasteiger charge is -2.42. The zero-order valence-corrected chi connectivity index (χ0v) is 10.9. The average Bonchev–Trinajstić information content (AvgIpc) is 2.29. The van der Waals surface area contributed by atoms with Crippen LogP contribution in [0.4, 0.5) is 0 Å². The number of rotatable bonds is 2. The molecular formula is C14H27NO. The van der Waals surface area contributed by atoms with E-state index in [0.29, 0.717) is 6.04 Å². The van der Waals surface area contributed by atoms with Crippen LogP contribution in [0.2, 0.25) is 0 Å². The van der Waals surface area contributed by atoms with Crippen molar-refractivity contribution in [2.24, 2.45) is 5.92 Å². The summed E-state index contributed by atoms with van der Waals surface area (Å²) in [5.74, 6) is 0.877. The van der Waals surface area contributed by atoms with Crippen LogP contribution < -0.4 is 0 Å². The van der Waals surface area contributed by atoms with E-state index in [1.807, 2.05) is 0 Å². The van der Waals surface area contributed by atoms with E-state index in [2.05, 4.69) is 18.9 Å². The summed E-state index contributed by atoms with van der Waals surface area (Å²) < 4.78 is 0. The summed E-state index contributed by atoms with van der Waals surface area (Å²) in [6.07, 6.45) is 10.1. The highest BCUT2D eigenvalue weighted by molar-refractivity contribution is 4.87. The van der Waals surface area contributed by atoms with Gasteiger partial charge in [-0.15, -0.1) is 0 Å². The van der Waals surface area contributed by atoms with Gasteiger partial charge < -0.3 is 5.11 Å². The van der Waals surface area contributed by atoms with E-state index < -0.39 is 0 Å². The average molecular weight is 225 g/mol. The minimum atomic E-state index is -0.0732. The Hall–Kier alpha value is -0.0800. The summed E-state index contributed by atoms with van der Waals surface area (Å²) in [5, 5.41) is 10.1. The highest BCUT2D eigenvalue weighted by Gasteiger charge is 2.32. The Morgan fingerprint density at radius 3 is 2.44 bits per heavy atom. The Morgan fingerprint density at radius 1 is 1.00 bits per heavy atom. The van der Waals surface area contributed by atoms with E-state index in [1.165, 1.54) is 44.9 Å². The molecule has 2 heteroatoms. The first-order chi connectivity index (χ1) is 7.68. The van der Waals surface area contributed by atoms with Gasteiger partial charge in [-0.3, -0.25) is 4.90 Å². The van der Waals surface area contributed by atoms with Gasteiger partial charge in [0.2, 0.25) is 0 Å². The second-order valence-corrected chi connectivity index (χ2v) is 6.01. The molecule has 2 aliphatic carbocycles. The summed E-state index contributed by atoms with van der Waals surface area (Å²) in [6, 6.07) is 1.16. The second kappa shape index (κ2) is 5.50. The maximum Gasteiger partial charge on any atom is 0.0695 e. The van der Waals surface area contributed by atoms with Crippen LogP contribution in [0.3, 0.4) is 0 Å². The first kappa shape index (κ1) is 12.4. The molecule has 16 heavy (non-hydrogen) atoms. The van der Waals surface area contributed by atoms with Crippen LogP contribution in [0, 0.1) is 5.92 Å². The highest BCUT2D eigenvalue weighted by Crippen LogP contribution is 2.31. The van der Waals surface area contributed by atoms with Gasteiger partial charge in [-0.25, -0.2) is 0 Å². The quantitative estimate of drug-likeness (QED) is 0.781. The van der Waals surface area contributed by atoms with Crippen LogP contribution in [0.15, 0.2) is 0 Å². The van der Waals surface area contributed by atoms with E-state index in [9.17, 15) is 5.11 Å². The first-order valence-corrected chi connectivity index (χ1v) is 7.08. The Morgan fingerprint density at radius 2 is 1.75 bits per heavy atom. The maximum atomic E-state index is 10.1. The van der Waals surface area contributed by atoms with Crippen LogP contribution in [0.5, 0.6) is 0 Å². The molecule has 2 unspecified atom stereocenters. The topological polar surface area (TPSA) is 23.5 Å². The van der Waals surface area contributed by atoms with Crippen LogP contribution in [0.1, 0.15) is 58.3 Å². The van der Waals surface area contributed by atoms with Crippen LogP contribution in [-0.2, 0) is 0 Å². The first-order valence-electron chi connectivity index (χ1n) is 7.08. The SMILES string of the molecule is CC1CCCC(N(C)[C@@H]2CCCC[C@H]2O)C1. The summed E-state index contributed by atoms with van der Waals surface area (Å²) in [4.78, 5) is 2.50. The molecule has 1 N–H and O–H groups in total. The Bertz CT molecular complexity index is 219. The molecule has 94 valence electrons. The molecule has 2 nitrogen and oxygen atoms in total. The molecule has 0 bridgehead atoms. The second-order valence-electron chi connectivity index (χ2n) is 6.01. The highest BCUT2D eigenvalue weighted by atomic mass is 16.3. The number of aliphatic hydroxyl groups excluding tert-OH is 1. The molecule has 2 saturated carbocycles. The Labute approximate surface area is 100 Å². The van der Waals surface area contributed by atoms with Crippen LogP contribution in [-0.4, -0.2) is 35.2 Å². The molecule has 2 rings (SSSR count). The van der Waals surface area contributed by atoms with E-state index >= 15 is 0 Å². The van der Waals surface area contributed by atoms with Gasteiger partial charge in [-0.05, 0) is 38.6 Å². The minimum Gasteiger partial charge on any atom is -0.391 e. The fourth-order valence-electron chi connectivity index (χ4n) is 3.61. The molecule has 0 heterocycles. The van der Waals surface area contributed by atoms with Crippen molar-refractivity contribution in [3.05, 3.63) is 0 Å². The smallest absolute Gasteiger partial charge is 0.0695 e. The summed E-state index contributed by atoms with van der Waals surface area (Å²) in [5.41, 5.74) is 0. The van der Waals surface area contributed by atoms with Crippen molar-refractivity contribution in [2.45, 2.75) is 76.5 Å². The zero-order valence-electron chi connectivity index (χ0n) is 10.9. The molecule has 2 aliphatic rings. The molecule has 0 aromatic rings. The van der Waals surface area contributed by atoms with Crippen molar-refractivity contribution in [3.63, 3.8) is 0 Å². The summed E-state index contributed by atoms with van der Waals surface area (Å²) in [7, 11) is 2.24. The molecule has 0 saturated heterocycles. The van der Waals surface area contributed by atoms with E-state index in [0.717, 1.165) is 18.4 Å². The Kier molecular flexibility index (Phi) is 4.26. The third-order valence-electron chi connectivity index (χ3n) is 4.70. The molecule has 0 amide bonds. The number of nitrogens with zero attached hydrogens (tertiary/aromatic N) is 1. The molecule has 2 fully saturated rings. The van der Waals surface area contributed by atoms with Crippen molar-refractivity contribution < 1.29 is 5.11 Å². The number of hydrogen-bond donors (Lipinski definition) is 1. The molecular weight excluding hydrogens is 198 g/mol. The van der Waals surface area contributed by atoms with Crippen LogP contribution >= 0.6 is 0 Å². The standard InChI is InChI=1S/C14H27NO/c1-11-6-5-7-12(10-11)15(2)13-8-3-4-9-14(13)16/h11-14,16H,3-10H2,1-2H3/t11?,12?,13-,14-/m1/s1. The lowest BCUT2D eigenvalue weighted by Crippen LogP contribution is -2.49. The van der Waals surface area contributed by atoms with Gasteiger partial charge in [0, 0.05) is 12.1 Å². The lowest BCUT2D eigenvalue weighted by atomic mass is 9.84. The van der Waals surface area contributed by atoms with E-state index in [-0.39, 0.29) is 6.10 Å². The van der Waals surface area contributed by atoms with Gasteiger partial charge in [0.25, 0.3) is 0 Å². The van der Waals surface area contributed by atoms with Crippen molar-refractivity contribution in [1.29, 1.82) is 0 Å². The molecule has 0 spiro atoms. The van der Waals surface area contributed by atoms with Crippen LogP contribution in [0.25, 0.3) is 0 Å². The summed E-state index contributed by atoms with van der Waals surface area (Å²) in [6.45, 7) is 2.37. The number of hydrogen-bond acceptors (Lipinski definition) is 2. The normalized spacial score (nSPS) is 41.2. The monoisotopic (exact) mass is 225 g/mol. The van der Waals surface area contributed by atoms with Gasteiger partial charge in [-0.2, -0.15) is 0 Å². The van der Waals surface area contributed by atoms with Crippen molar-refractivity contribution >= 4 is 0 Å². The summed E-state index contributed by atoms with van der Waals surface area (Å²) >= 11 is 0. The molecule has 0 radical (unpaired) electrons. The third-order valence-corrected chi connectivity index (χ3v) is 4.70. The van der Waals surface area contributed by atoms with Gasteiger partial charge in [-0.1, -0.05) is 32.6 Å². The van der Waals surface area contributed by atoms with Crippen molar-refractivity contribution in [3.8, 4) is 0 Å². The predicted molar refractivity (Wildman–Crippen MR) is 67.4 cm³/mol. The van der Waals surface area contributed by atoms with Gasteiger partial charge >= 0.3 is 0 Å². The van der Waals surface area contributed by atoms with Gasteiger partial charge in [0.1, 0.15) is 0 Å². The number of likely N-dealkylation sites (N-methyl/N-ethyl adjacent to an activating group) is 1. The van der Waals surface area contributed by atoms with E-state index in [1.54, 1.807) is 0 Å². The molecule has 0 aromatic carbocycles. The van der Waals surface area contributed by atoms with Gasteiger partial charge in [0.05, 0.1) is 6.10 Å². The largest absolute Gasteiger partial charge is 0.391 e. The van der Waals surface area contributed by atoms with Crippen molar-refractivity contribution in [2.75, 3.05) is 7.05 Å². The fraction of sp³-hybridized carbons (Fsp3) is 1.00. The zero-order chi connectivity index (χ0) is 11.5. The van der Waals surface area contributed by atoms with Crippen molar-refractivity contribution in [1.82, 2.24) is 4.90 Å². The predicted octanol–water partition coefficient (Wildman–Crippen LogP) is 2.80.